The Morgan fingerprint density at radius 3 is 2.22 bits per heavy atom. The molecule has 0 aliphatic rings. The Morgan fingerprint density at radius 1 is 0.957 bits per heavy atom. The standard InChI is InChI=1S/C19H28N4/c1-5-11-23(12-6-2)19-21-16(4)13-18(22-19)20-14-17-9-7-15(3)8-10-17/h7-10,13H,5-6,11-12,14H2,1-4H3,(H,20,21,22). The topological polar surface area (TPSA) is 41.1 Å². The lowest BCUT2D eigenvalue weighted by molar-refractivity contribution is 0.719. The van der Waals surface area contributed by atoms with E-state index in [-0.39, 0.29) is 0 Å². The Hall–Kier alpha value is -2.10. The molecule has 0 atom stereocenters. The van der Waals surface area contributed by atoms with Crippen LogP contribution in [0.15, 0.2) is 30.3 Å². The molecule has 4 nitrogen and oxygen atoms in total. The Bertz CT molecular complexity index is 601. The van der Waals surface area contributed by atoms with Crippen LogP contribution in [0.3, 0.4) is 0 Å². The number of aryl methyl sites for hydroxylation is 2. The van der Waals surface area contributed by atoms with Crippen LogP contribution in [0.5, 0.6) is 0 Å². The molecule has 0 saturated carbocycles. The first-order valence-corrected chi connectivity index (χ1v) is 8.52. The zero-order valence-corrected chi connectivity index (χ0v) is 14.8. The molecule has 23 heavy (non-hydrogen) atoms. The van der Waals surface area contributed by atoms with Gasteiger partial charge in [-0.25, -0.2) is 4.98 Å². The van der Waals surface area contributed by atoms with Crippen molar-refractivity contribution in [2.24, 2.45) is 0 Å². The van der Waals surface area contributed by atoms with Crippen molar-refractivity contribution in [3.8, 4) is 0 Å². The van der Waals surface area contributed by atoms with Gasteiger partial charge in [-0.2, -0.15) is 4.98 Å². The molecule has 1 heterocycles. The van der Waals surface area contributed by atoms with E-state index in [9.17, 15) is 0 Å². The number of nitrogens with one attached hydrogen (secondary N) is 1. The lowest BCUT2D eigenvalue weighted by Crippen LogP contribution is -2.27. The minimum atomic E-state index is 0.776. The van der Waals surface area contributed by atoms with Crippen molar-refractivity contribution in [3.05, 3.63) is 47.2 Å². The molecule has 0 bridgehead atoms. The number of nitrogens with zero attached hydrogens (tertiary/aromatic N) is 3. The highest BCUT2D eigenvalue weighted by atomic mass is 15.3. The fourth-order valence-electron chi connectivity index (χ4n) is 2.54. The average molecular weight is 312 g/mol. The van der Waals surface area contributed by atoms with E-state index < -0.39 is 0 Å². The third kappa shape index (κ3) is 5.23. The maximum absolute atomic E-state index is 4.71. The molecule has 0 spiro atoms. The monoisotopic (exact) mass is 312 g/mol. The van der Waals surface area contributed by atoms with Crippen molar-refractivity contribution in [1.82, 2.24) is 9.97 Å². The van der Waals surface area contributed by atoms with Gasteiger partial charge in [0.05, 0.1) is 0 Å². The molecule has 0 aliphatic heterocycles. The van der Waals surface area contributed by atoms with Crippen molar-refractivity contribution in [2.45, 2.75) is 47.1 Å². The SMILES string of the molecule is CCCN(CCC)c1nc(C)cc(NCc2ccc(C)cc2)n1. The van der Waals surface area contributed by atoms with Crippen molar-refractivity contribution in [3.63, 3.8) is 0 Å². The number of hydrogen-bond donors (Lipinski definition) is 1. The highest BCUT2D eigenvalue weighted by Gasteiger charge is 2.10. The van der Waals surface area contributed by atoms with Gasteiger partial charge in [-0.15, -0.1) is 0 Å². The highest BCUT2D eigenvalue weighted by Crippen LogP contribution is 2.15. The largest absolute Gasteiger partial charge is 0.366 e. The van der Waals surface area contributed by atoms with E-state index in [1.54, 1.807) is 0 Å². The molecule has 4 heteroatoms. The van der Waals surface area contributed by atoms with Gasteiger partial charge in [0.15, 0.2) is 0 Å². The minimum Gasteiger partial charge on any atom is -0.366 e. The highest BCUT2D eigenvalue weighted by molar-refractivity contribution is 5.44. The lowest BCUT2D eigenvalue weighted by Gasteiger charge is -2.22. The zero-order chi connectivity index (χ0) is 16.7. The van der Waals surface area contributed by atoms with Gasteiger partial charge in [0.1, 0.15) is 5.82 Å². The first-order chi connectivity index (χ1) is 11.1. The van der Waals surface area contributed by atoms with E-state index in [1.165, 1.54) is 11.1 Å². The zero-order valence-electron chi connectivity index (χ0n) is 14.8. The Morgan fingerprint density at radius 2 is 1.61 bits per heavy atom. The first-order valence-electron chi connectivity index (χ1n) is 8.52. The summed E-state index contributed by atoms with van der Waals surface area (Å²) in [6.07, 6.45) is 2.20. The van der Waals surface area contributed by atoms with E-state index in [2.05, 4.69) is 60.2 Å². The van der Waals surface area contributed by atoms with Crippen LogP contribution in [0, 0.1) is 13.8 Å². The fraction of sp³-hybridized carbons (Fsp3) is 0.474. The van der Waals surface area contributed by atoms with E-state index in [1.807, 2.05) is 13.0 Å². The normalized spacial score (nSPS) is 10.6. The molecule has 1 aromatic carbocycles. The van der Waals surface area contributed by atoms with Gasteiger partial charge in [0, 0.05) is 31.4 Å². The molecule has 0 saturated heterocycles. The van der Waals surface area contributed by atoms with Crippen LogP contribution in [-0.2, 0) is 6.54 Å². The Balaban J connectivity index is 2.11. The van der Waals surface area contributed by atoms with Crippen molar-refractivity contribution >= 4 is 11.8 Å². The summed E-state index contributed by atoms with van der Waals surface area (Å²) in [6, 6.07) is 10.6. The van der Waals surface area contributed by atoms with Crippen LogP contribution >= 0.6 is 0 Å². The summed E-state index contributed by atoms with van der Waals surface area (Å²) in [7, 11) is 0. The summed E-state index contributed by atoms with van der Waals surface area (Å²) in [5.74, 6) is 1.73. The summed E-state index contributed by atoms with van der Waals surface area (Å²) in [4.78, 5) is 11.6. The number of rotatable bonds is 8. The van der Waals surface area contributed by atoms with E-state index in [0.717, 1.165) is 49.9 Å². The van der Waals surface area contributed by atoms with Crippen LogP contribution in [0.2, 0.25) is 0 Å². The van der Waals surface area contributed by atoms with E-state index >= 15 is 0 Å². The average Bonchev–Trinajstić information content (AvgIpc) is 2.54. The second kappa shape index (κ2) is 8.51. The van der Waals surface area contributed by atoms with Crippen LogP contribution < -0.4 is 10.2 Å². The second-order valence-electron chi connectivity index (χ2n) is 6.02. The summed E-state index contributed by atoms with van der Waals surface area (Å²) < 4.78 is 0. The van der Waals surface area contributed by atoms with Crippen molar-refractivity contribution in [1.29, 1.82) is 0 Å². The Labute approximate surface area is 140 Å². The number of aromatic nitrogens is 2. The molecule has 0 fully saturated rings. The first kappa shape index (κ1) is 17.3. The van der Waals surface area contributed by atoms with Crippen LogP contribution in [-0.4, -0.2) is 23.1 Å². The molecule has 1 aromatic heterocycles. The van der Waals surface area contributed by atoms with Gasteiger partial charge >= 0.3 is 0 Å². The smallest absolute Gasteiger partial charge is 0.227 e. The van der Waals surface area contributed by atoms with Crippen molar-refractivity contribution < 1.29 is 0 Å². The van der Waals surface area contributed by atoms with Gasteiger partial charge < -0.3 is 10.2 Å². The second-order valence-corrected chi connectivity index (χ2v) is 6.02. The fourth-order valence-corrected chi connectivity index (χ4v) is 2.54. The van der Waals surface area contributed by atoms with E-state index in [0.29, 0.717) is 0 Å². The molecule has 2 aromatic rings. The van der Waals surface area contributed by atoms with Gasteiger partial charge in [-0.3, -0.25) is 0 Å². The molecule has 124 valence electrons. The summed E-state index contributed by atoms with van der Waals surface area (Å²) in [6.45, 7) is 11.3. The molecule has 0 unspecified atom stereocenters. The van der Waals surface area contributed by atoms with Gasteiger partial charge in [-0.05, 0) is 32.3 Å². The predicted molar refractivity (Wildman–Crippen MR) is 98.1 cm³/mol. The molecular formula is C19H28N4. The summed E-state index contributed by atoms with van der Waals surface area (Å²) >= 11 is 0. The van der Waals surface area contributed by atoms with Gasteiger partial charge in [0.25, 0.3) is 0 Å². The lowest BCUT2D eigenvalue weighted by atomic mass is 10.1. The molecule has 1 N–H and O–H groups in total. The van der Waals surface area contributed by atoms with Crippen LogP contribution in [0.1, 0.15) is 43.5 Å². The molecule has 0 amide bonds. The predicted octanol–water partition coefficient (Wildman–Crippen LogP) is 4.33. The maximum atomic E-state index is 4.71. The third-order valence-electron chi connectivity index (χ3n) is 3.71. The van der Waals surface area contributed by atoms with Gasteiger partial charge in [0.2, 0.25) is 5.95 Å². The molecular weight excluding hydrogens is 284 g/mol. The van der Waals surface area contributed by atoms with Gasteiger partial charge in [-0.1, -0.05) is 43.7 Å². The summed E-state index contributed by atoms with van der Waals surface area (Å²) in [5, 5.41) is 3.42. The number of anilines is 2. The molecule has 0 radical (unpaired) electrons. The summed E-state index contributed by atoms with van der Waals surface area (Å²) in [5.41, 5.74) is 3.54. The van der Waals surface area contributed by atoms with Crippen LogP contribution in [0.4, 0.5) is 11.8 Å². The quantitative estimate of drug-likeness (QED) is 0.787. The molecule has 0 aliphatic carbocycles. The number of hydrogen-bond acceptors (Lipinski definition) is 4. The maximum Gasteiger partial charge on any atom is 0.227 e. The number of benzene rings is 1. The van der Waals surface area contributed by atoms with Crippen molar-refractivity contribution in [2.75, 3.05) is 23.3 Å². The molecule has 2 rings (SSSR count). The van der Waals surface area contributed by atoms with E-state index in [4.69, 9.17) is 4.98 Å². The Kier molecular flexibility index (Phi) is 6.39. The third-order valence-corrected chi connectivity index (χ3v) is 3.71. The van der Waals surface area contributed by atoms with Crippen LogP contribution in [0.25, 0.3) is 0 Å². The minimum absolute atomic E-state index is 0.776.